The van der Waals surface area contributed by atoms with Crippen molar-refractivity contribution in [3.05, 3.63) is 23.9 Å². The van der Waals surface area contributed by atoms with Gasteiger partial charge >= 0.3 is 0 Å². The van der Waals surface area contributed by atoms with Crippen molar-refractivity contribution >= 4 is 16.8 Å². The molecule has 0 spiro atoms. The number of hydrogen-bond acceptors (Lipinski definition) is 6. The van der Waals surface area contributed by atoms with Crippen LogP contribution in [0.5, 0.6) is 5.75 Å². The number of ether oxygens (including phenoxy) is 2. The summed E-state index contributed by atoms with van der Waals surface area (Å²) in [6.45, 7) is 15.0. The Balaban J connectivity index is 1.75. The van der Waals surface area contributed by atoms with Gasteiger partial charge in [-0.3, -0.25) is 19.3 Å². The minimum atomic E-state index is -0.143. The van der Waals surface area contributed by atoms with Crippen molar-refractivity contribution in [2.75, 3.05) is 53.0 Å². The largest absolute Gasteiger partial charge is 0.494 e. The molecule has 172 valence electrons. The SMILES string of the molecule is COc1cccc2c(C(=O)NCCN(C(C)C)C(C)C)nn(CCN3CCOCC3)c12. The molecule has 3 rings (SSSR count). The maximum Gasteiger partial charge on any atom is 0.272 e. The second-order valence-electron chi connectivity index (χ2n) is 8.56. The molecule has 1 amide bonds. The van der Waals surface area contributed by atoms with Gasteiger partial charge in [-0.25, -0.2) is 0 Å². The number of amides is 1. The topological polar surface area (TPSA) is 71.9 Å². The van der Waals surface area contributed by atoms with Crippen LogP contribution in [-0.4, -0.2) is 90.6 Å². The number of rotatable bonds is 10. The average molecular weight is 432 g/mol. The molecule has 8 nitrogen and oxygen atoms in total. The van der Waals surface area contributed by atoms with E-state index in [1.165, 1.54) is 0 Å². The van der Waals surface area contributed by atoms with Crippen LogP contribution in [0.15, 0.2) is 18.2 Å². The van der Waals surface area contributed by atoms with Crippen LogP contribution in [0.2, 0.25) is 0 Å². The summed E-state index contributed by atoms with van der Waals surface area (Å²) in [6.07, 6.45) is 0. The van der Waals surface area contributed by atoms with E-state index in [9.17, 15) is 4.79 Å². The summed E-state index contributed by atoms with van der Waals surface area (Å²) in [5.74, 6) is 0.590. The number of carbonyl (C=O) groups excluding carboxylic acids is 1. The van der Waals surface area contributed by atoms with Crippen LogP contribution in [0.4, 0.5) is 0 Å². The number of fused-ring (bicyclic) bond motifs is 1. The van der Waals surface area contributed by atoms with Crippen molar-refractivity contribution in [1.29, 1.82) is 0 Å². The lowest BCUT2D eigenvalue weighted by Crippen LogP contribution is -2.42. The first kappa shape index (κ1) is 23.5. The van der Waals surface area contributed by atoms with Gasteiger partial charge in [0.05, 0.1) is 26.9 Å². The van der Waals surface area contributed by atoms with Gasteiger partial charge in [0.1, 0.15) is 11.3 Å². The molecule has 0 aliphatic carbocycles. The normalized spacial score (nSPS) is 15.4. The molecule has 0 atom stereocenters. The maximum absolute atomic E-state index is 13.0. The molecule has 1 aromatic heterocycles. The van der Waals surface area contributed by atoms with Crippen molar-refractivity contribution < 1.29 is 14.3 Å². The second-order valence-corrected chi connectivity index (χ2v) is 8.56. The molecule has 2 aromatic rings. The molecule has 0 bridgehead atoms. The Labute approximate surface area is 185 Å². The van der Waals surface area contributed by atoms with Gasteiger partial charge in [-0.15, -0.1) is 0 Å². The van der Waals surface area contributed by atoms with Crippen molar-refractivity contribution in [3.63, 3.8) is 0 Å². The monoisotopic (exact) mass is 431 g/mol. The smallest absolute Gasteiger partial charge is 0.272 e. The molecule has 0 unspecified atom stereocenters. The van der Waals surface area contributed by atoms with Crippen molar-refractivity contribution in [2.24, 2.45) is 0 Å². The standard InChI is InChI=1S/C23H37N5O3/c1-17(2)27(18(3)4)10-9-24-23(29)21-19-7-6-8-20(30-5)22(19)28(25-21)12-11-26-13-15-31-16-14-26/h6-8,17-18H,9-16H2,1-5H3,(H,24,29). The Morgan fingerprint density at radius 1 is 1.19 bits per heavy atom. The van der Waals surface area contributed by atoms with Crippen LogP contribution in [0.1, 0.15) is 38.2 Å². The summed E-state index contributed by atoms with van der Waals surface area (Å²) in [5, 5.41) is 8.59. The molecule has 1 aliphatic heterocycles. The molecule has 31 heavy (non-hydrogen) atoms. The zero-order valence-electron chi connectivity index (χ0n) is 19.6. The van der Waals surface area contributed by atoms with E-state index >= 15 is 0 Å². The zero-order valence-corrected chi connectivity index (χ0v) is 19.6. The van der Waals surface area contributed by atoms with E-state index in [1.54, 1.807) is 7.11 Å². The molecular weight excluding hydrogens is 394 g/mol. The van der Waals surface area contributed by atoms with E-state index in [4.69, 9.17) is 14.6 Å². The average Bonchev–Trinajstić information content (AvgIpc) is 3.14. The number of benzene rings is 1. The third kappa shape index (κ3) is 5.75. The van der Waals surface area contributed by atoms with E-state index in [1.807, 2.05) is 22.9 Å². The van der Waals surface area contributed by atoms with Gasteiger partial charge in [0.25, 0.3) is 5.91 Å². The van der Waals surface area contributed by atoms with E-state index in [0.717, 1.165) is 56.0 Å². The predicted octanol–water partition coefficient (Wildman–Crippen LogP) is 2.23. The molecule has 1 aromatic carbocycles. The van der Waals surface area contributed by atoms with Crippen LogP contribution in [0.3, 0.4) is 0 Å². The van der Waals surface area contributed by atoms with Gasteiger partial charge in [0.2, 0.25) is 0 Å². The van der Waals surface area contributed by atoms with Gasteiger partial charge in [-0.05, 0) is 33.8 Å². The minimum Gasteiger partial charge on any atom is -0.494 e. The zero-order chi connectivity index (χ0) is 22.4. The first-order chi connectivity index (χ1) is 14.9. The number of methoxy groups -OCH3 is 1. The molecule has 2 heterocycles. The third-order valence-electron chi connectivity index (χ3n) is 5.88. The molecular formula is C23H37N5O3. The fourth-order valence-corrected chi connectivity index (χ4v) is 4.25. The van der Waals surface area contributed by atoms with Gasteiger partial charge in [-0.1, -0.05) is 12.1 Å². The molecule has 1 N–H and O–H groups in total. The molecule has 8 heteroatoms. The highest BCUT2D eigenvalue weighted by atomic mass is 16.5. The van der Waals surface area contributed by atoms with E-state index in [2.05, 4.69) is 42.8 Å². The van der Waals surface area contributed by atoms with E-state index < -0.39 is 0 Å². The molecule has 1 aliphatic rings. The number of nitrogens with one attached hydrogen (secondary N) is 1. The van der Waals surface area contributed by atoms with Crippen LogP contribution in [-0.2, 0) is 11.3 Å². The number of para-hydroxylation sites is 1. The van der Waals surface area contributed by atoms with Crippen LogP contribution in [0, 0.1) is 0 Å². The number of hydrogen-bond donors (Lipinski definition) is 1. The van der Waals surface area contributed by atoms with Gasteiger partial charge < -0.3 is 14.8 Å². The highest BCUT2D eigenvalue weighted by Crippen LogP contribution is 2.28. The van der Waals surface area contributed by atoms with Gasteiger partial charge in [0, 0.05) is 50.2 Å². The fraction of sp³-hybridized carbons (Fsp3) is 0.652. The Hall–Kier alpha value is -2.16. The highest BCUT2D eigenvalue weighted by Gasteiger charge is 2.21. The fourth-order valence-electron chi connectivity index (χ4n) is 4.25. The summed E-state index contributed by atoms with van der Waals surface area (Å²) in [6, 6.07) is 6.63. The first-order valence-electron chi connectivity index (χ1n) is 11.3. The number of carbonyl (C=O) groups is 1. The Kier molecular flexibility index (Phi) is 8.28. The highest BCUT2D eigenvalue weighted by molar-refractivity contribution is 6.06. The predicted molar refractivity (Wildman–Crippen MR) is 123 cm³/mol. The number of morpholine rings is 1. The van der Waals surface area contributed by atoms with Crippen LogP contribution < -0.4 is 10.1 Å². The van der Waals surface area contributed by atoms with Crippen LogP contribution >= 0.6 is 0 Å². The lowest BCUT2D eigenvalue weighted by atomic mass is 10.2. The summed E-state index contributed by atoms with van der Waals surface area (Å²) in [7, 11) is 1.65. The van der Waals surface area contributed by atoms with Crippen molar-refractivity contribution in [2.45, 2.75) is 46.3 Å². The van der Waals surface area contributed by atoms with Gasteiger partial charge in [0.15, 0.2) is 5.69 Å². The minimum absolute atomic E-state index is 0.143. The quantitative estimate of drug-likeness (QED) is 0.622. The molecule has 0 saturated carbocycles. The lowest BCUT2D eigenvalue weighted by molar-refractivity contribution is 0.0361. The molecule has 1 saturated heterocycles. The molecule has 1 fully saturated rings. The number of nitrogens with zero attached hydrogens (tertiary/aromatic N) is 4. The van der Waals surface area contributed by atoms with Gasteiger partial charge in [-0.2, -0.15) is 5.10 Å². The Bertz CT molecular complexity index is 850. The number of aromatic nitrogens is 2. The second kappa shape index (κ2) is 10.9. The maximum atomic E-state index is 13.0. The first-order valence-corrected chi connectivity index (χ1v) is 11.3. The summed E-state index contributed by atoms with van der Waals surface area (Å²) >= 11 is 0. The Morgan fingerprint density at radius 2 is 1.90 bits per heavy atom. The summed E-state index contributed by atoms with van der Waals surface area (Å²) in [5.41, 5.74) is 1.32. The Morgan fingerprint density at radius 3 is 2.55 bits per heavy atom. The van der Waals surface area contributed by atoms with E-state index in [-0.39, 0.29) is 5.91 Å². The molecule has 0 radical (unpaired) electrons. The van der Waals surface area contributed by atoms with Crippen LogP contribution in [0.25, 0.3) is 10.9 Å². The van der Waals surface area contributed by atoms with Crippen molar-refractivity contribution in [1.82, 2.24) is 24.9 Å². The third-order valence-corrected chi connectivity index (χ3v) is 5.88. The summed E-state index contributed by atoms with van der Waals surface area (Å²) in [4.78, 5) is 17.7. The van der Waals surface area contributed by atoms with E-state index in [0.29, 0.717) is 30.9 Å². The summed E-state index contributed by atoms with van der Waals surface area (Å²) < 4.78 is 12.9. The lowest BCUT2D eigenvalue weighted by Gasteiger charge is -2.30. The van der Waals surface area contributed by atoms with Crippen molar-refractivity contribution in [3.8, 4) is 5.75 Å².